The third-order valence-electron chi connectivity index (χ3n) is 3.61. The number of H-pyrrole nitrogens is 1. The summed E-state index contributed by atoms with van der Waals surface area (Å²) in [6.07, 6.45) is 0. The molecule has 1 N–H and O–H groups in total. The number of aromatic nitrogens is 2. The molecule has 6 heteroatoms. The summed E-state index contributed by atoms with van der Waals surface area (Å²) < 4.78 is 5.49. The van der Waals surface area contributed by atoms with Crippen LogP contribution in [0.25, 0.3) is 11.3 Å². The Hall–Kier alpha value is -2.62. The highest BCUT2D eigenvalue weighted by atomic mass is 32.2. The molecule has 0 saturated heterocycles. The van der Waals surface area contributed by atoms with E-state index in [9.17, 15) is 5.26 Å². The SMILES string of the molecule is COc1ccc(-c2[nH]c(SCc3ccccc3)nc(=S)c2C#N)cc1. The maximum atomic E-state index is 9.45. The van der Waals surface area contributed by atoms with Crippen LogP contribution in [0.4, 0.5) is 0 Å². The van der Waals surface area contributed by atoms with Crippen LogP contribution in [-0.2, 0) is 5.75 Å². The molecule has 0 amide bonds. The summed E-state index contributed by atoms with van der Waals surface area (Å²) >= 11 is 6.87. The number of thioether (sulfide) groups is 1. The van der Waals surface area contributed by atoms with Gasteiger partial charge in [-0.1, -0.05) is 54.3 Å². The molecule has 0 fully saturated rings. The normalized spacial score (nSPS) is 10.2. The Balaban J connectivity index is 1.95. The lowest BCUT2D eigenvalue weighted by atomic mass is 10.1. The summed E-state index contributed by atoms with van der Waals surface area (Å²) in [6, 6.07) is 19.8. The van der Waals surface area contributed by atoms with Crippen LogP contribution in [0, 0.1) is 16.0 Å². The van der Waals surface area contributed by atoms with Gasteiger partial charge in [0.15, 0.2) is 5.16 Å². The summed E-state index contributed by atoms with van der Waals surface area (Å²) in [5.74, 6) is 1.53. The van der Waals surface area contributed by atoms with Crippen LogP contribution in [-0.4, -0.2) is 17.1 Å². The second kappa shape index (κ2) is 7.97. The van der Waals surface area contributed by atoms with Crippen molar-refractivity contribution in [1.29, 1.82) is 5.26 Å². The Morgan fingerprint density at radius 1 is 1.16 bits per heavy atom. The van der Waals surface area contributed by atoms with Gasteiger partial charge in [0.05, 0.1) is 12.8 Å². The topological polar surface area (TPSA) is 61.7 Å². The first-order valence-electron chi connectivity index (χ1n) is 7.57. The van der Waals surface area contributed by atoms with Crippen LogP contribution in [0.5, 0.6) is 5.75 Å². The predicted octanol–water partition coefficient (Wildman–Crippen LogP) is 4.98. The predicted molar refractivity (Wildman–Crippen MR) is 102 cm³/mol. The molecule has 0 aliphatic rings. The highest BCUT2D eigenvalue weighted by Gasteiger charge is 2.11. The summed E-state index contributed by atoms with van der Waals surface area (Å²) in [5, 5.41) is 10.1. The van der Waals surface area contributed by atoms with E-state index in [1.807, 2.05) is 42.5 Å². The maximum absolute atomic E-state index is 9.45. The summed E-state index contributed by atoms with van der Waals surface area (Å²) in [6.45, 7) is 0. The Kier molecular flexibility index (Phi) is 5.49. The number of hydrogen-bond donors (Lipinski definition) is 1. The second-order valence-electron chi connectivity index (χ2n) is 5.21. The number of benzene rings is 2. The summed E-state index contributed by atoms with van der Waals surface area (Å²) in [7, 11) is 1.62. The van der Waals surface area contributed by atoms with E-state index in [0.29, 0.717) is 21.1 Å². The lowest BCUT2D eigenvalue weighted by Crippen LogP contribution is -1.97. The first-order chi connectivity index (χ1) is 12.2. The minimum atomic E-state index is 0.308. The van der Waals surface area contributed by atoms with Crippen molar-refractivity contribution in [3.8, 4) is 23.1 Å². The van der Waals surface area contributed by atoms with E-state index in [1.165, 1.54) is 5.56 Å². The standard InChI is InChI=1S/C19H15N3OS2/c1-23-15-9-7-14(8-10-15)17-16(11-20)18(24)22-19(21-17)25-12-13-5-3-2-4-6-13/h2-10H,12H2,1H3,(H,21,22,24). The molecule has 0 aliphatic heterocycles. The monoisotopic (exact) mass is 365 g/mol. The van der Waals surface area contributed by atoms with E-state index >= 15 is 0 Å². The average Bonchev–Trinajstić information content (AvgIpc) is 2.67. The number of ether oxygens (including phenoxy) is 1. The molecular formula is C19H15N3OS2. The third kappa shape index (κ3) is 4.08. The van der Waals surface area contributed by atoms with Gasteiger partial charge < -0.3 is 9.72 Å². The zero-order valence-corrected chi connectivity index (χ0v) is 15.2. The van der Waals surface area contributed by atoms with Crippen molar-refractivity contribution >= 4 is 24.0 Å². The molecule has 1 aromatic heterocycles. The quantitative estimate of drug-likeness (QED) is 0.392. The van der Waals surface area contributed by atoms with Gasteiger partial charge in [-0.05, 0) is 35.4 Å². The Bertz CT molecular complexity index is 961. The van der Waals surface area contributed by atoms with Crippen molar-refractivity contribution in [1.82, 2.24) is 9.97 Å². The molecule has 124 valence electrons. The molecule has 0 radical (unpaired) electrons. The smallest absolute Gasteiger partial charge is 0.167 e. The fourth-order valence-electron chi connectivity index (χ4n) is 2.32. The number of nitrogens with zero attached hydrogens (tertiary/aromatic N) is 2. The van der Waals surface area contributed by atoms with E-state index in [2.05, 4.69) is 28.2 Å². The van der Waals surface area contributed by atoms with E-state index in [4.69, 9.17) is 17.0 Å². The largest absolute Gasteiger partial charge is 0.497 e. The maximum Gasteiger partial charge on any atom is 0.167 e. The molecule has 0 aliphatic carbocycles. The minimum Gasteiger partial charge on any atom is -0.497 e. The molecule has 2 aromatic carbocycles. The Morgan fingerprint density at radius 2 is 1.88 bits per heavy atom. The minimum absolute atomic E-state index is 0.308. The van der Waals surface area contributed by atoms with Crippen LogP contribution in [0.15, 0.2) is 59.8 Å². The lowest BCUT2D eigenvalue weighted by Gasteiger charge is -2.09. The lowest BCUT2D eigenvalue weighted by molar-refractivity contribution is 0.415. The van der Waals surface area contributed by atoms with E-state index in [1.54, 1.807) is 18.9 Å². The fourth-order valence-corrected chi connectivity index (χ4v) is 3.45. The highest BCUT2D eigenvalue weighted by Crippen LogP contribution is 2.27. The molecule has 3 aromatic rings. The highest BCUT2D eigenvalue weighted by molar-refractivity contribution is 7.98. The molecule has 25 heavy (non-hydrogen) atoms. The summed E-state index contributed by atoms with van der Waals surface area (Å²) in [5.41, 5.74) is 3.13. The second-order valence-corrected chi connectivity index (χ2v) is 6.56. The molecule has 3 rings (SSSR count). The van der Waals surface area contributed by atoms with E-state index in [-0.39, 0.29) is 0 Å². The van der Waals surface area contributed by atoms with Crippen molar-refractivity contribution in [3.05, 3.63) is 70.4 Å². The molecule has 0 spiro atoms. The number of hydrogen-bond acceptors (Lipinski definition) is 5. The van der Waals surface area contributed by atoms with Gasteiger partial charge in [-0.2, -0.15) is 5.26 Å². The Labute approximate surface area is 155 Å². The molecule has 1 heterocycles. The zero-order chi connectivity index (χ0) is 17.6. The fraction of sp³-hybridized carbons (Fsp3) is 0.105. The number of aromatic amines is 1. The molecule has 4 nitrogen and oxygen atoms in total. The van der Waals surface area contributed by atoms with Crippen LogP contribution >= 0.6 is 24.0 Å². The van der Waals surface area contributed by atoms with Gasteiger partial charge >= 0.3 is 0 Å². The van der Waals surface area contributed by atoms with Crippen molar-refractivity contribution in [2.24, 2.45) is 0 Å². The first kappa shape index (κ1) is 17.2. The van der Waals surface area contributed by atoms with Gasteiger partial charge in [0, 0.05) is 5.75 Å². The molecular weight excluding hydrogens is 350 g/mol. The number of nitrogens with one attached hydrogen (secondary N) is 1. The zero-order valence-electron chi connectivity index (χ0n) is 13.5. The van der Waals surface area contributed by atoms with Crippen molar-refractivity contribution in [3.63, 3.8) is 0 Å². The molecule has 0 unspecified atom stereocenters. The number of nitriles is 1. The molecule has 0 bridgehead atoms. The average molecular weight is 365 g/mol. The first-order valence-corrected chi connectivity index (χ1v) is 8.96. The van der Waals surface area contributed by atoms with Crippen LogP contribution in [0.1, 0.15) is 11.1 Å². The van der Waals surface area contributed by atoms with Crippen molar-refractivity contribution < 1.29 is 4.74 Å². The Morgan fingerprint density at radius 3 is 2.52 bits per heavy atom. The van der Waals surface area contributed by atoms with Crippen LogP contribution in [0.3, 0.4) is 0 Å². The van der Waals surface area contributed by atoms with Crippen molar-refractivity contribution in [2.75, 3.05) is 7.11 Å². The number of methoxy groups -OCH3 is 1. The van der Waals surface area contributed by atoms with Gasteiger partial charge in [0.1, 0.15) is 22.0 Å². The van der Waals surface area contributed by atoms with E-state index in [0.717, 1.165) is 17.1 Å². The third-order valence-corrected chi connectivity index (χ3v) is 4.85. The van der Waals surface area contributed by atoms with Gasteiger partial charge in [0.2, 0.25) is 0 Å². The summed E-state index contributed by atoms with van der Waals surface area (Å²) in [4.78, 5) is 7.60. The molecule has 0 atom stereocenters. The van der Waals surface area contributed by atoms with Gasteiger partial charge in [-0.3, -0.25) is 0 Å². The van der Waals surface area contributed by atoms with Crippen LogP contribution < -0.4 is 4.74 Å². The van der Waals surface area contributed by atoms with Crippen molar-refractivity contribution in [2.45, 2.75) is 10.9 Å². The van der Waals surface area contributed by atoms with E-state index < -0.39 is 0 Å². The van der Waals surface area contributed by atoms with Gasteiger partial charge in [0.25, 0.3) is 0 Å². The number of rotatable bonds is 5. The van der Waals surface area contributed by atoms with Gasteiger partial charge in [-0.25, -0.2) is 4.98 Å². The molecule has 0 saturated carbocycles. The van der Waals surface area contributed by atoms with Crippen LogP contribution in [0.2, 0.25) is 0 Å². The van der Waals surface area contributed by atoms with Gasteiger partial charge in [-0.15, -0.1) is 0 Å².